The van der Waals surface area contributed by atoms with Gasteiger partial charge in [-0.15, -0.1) is 0 Å². The summed E-state index contributed by atoms with van der Waals surface area (Å²) >= 11 is 0. The molecule has 1 aromatic carbocycles. The van der Waals surface area contributed by atoms with Gasteiger partial charge in [0, 0.05) is 5.56 Å². The normalized spacial score (nSPS) is 10.9. The third-order valence-corrected chi connectivity index (χ3v) is 2.94. The highest BCUT2D eigenvalue weighted by molar-refractivity contribution is 5.62. The summed E-state index contributed by atoms with van der Waals surface area (Å²) in [6.45, 7) is 4.19. The number of nitrogens with zero attached hydrogens (tertiary/aromatic N) is 1. The molecular weight excluding hydrogens is 228 g/mol. The molecule has 4 nitrogen and oxygen atoms in total. The number of H-pyrrole nitrogens is 1. The molecule has 1 heterocycles. The number of ether oxygens (including phenoxy) is 1. The van der Waals surface area contributed by atoms with Crippen LogP contribution in [0.5, 0.6) is 5.75 Å². The number of hydrogen-bond donors (Lipinski definition) is 2. The minimum atomic E-state index is -0.0762. The molecule has 2 N–H and O–H groups in total. The lowest BCUT2D eigenvalue weighted by atomic mass is 9.98. The molecule has 0 saturated carbocycles. The second kappa shape index (κ2) is 5.23. The zero-order valence-corrected chi connectivity index (χ0v) is 10.9. The van der Waals surface area contributed by atoms with E-state index < -0.39 is 0 Å². The number of benzene rings is 1. The van der Waals surface area contributed by atoms with Crippen LogP contribution in [0, 0.1) is 0 Å². The highest BCUT2D eigenvalue weighted by Gasteiger charge is 2.10. The number of methoxy groups -OCH3 is 1. The summed E-state index contributed by atoms with van der Waals surface area (Å²) in [5.74, 6) is 1.86. The number of aromatic amines is 1. The molecule has 0 spiro atoms. The van der Waals surface area contributed by atoms with Crippen LogP contribution in [-0.2, 0) is 6.61 Å². The first-order chi connectivity index (χ1) is 8.65. The first kappa shape index (κ1) is 12.6. The molecule has 18 heavy (non-hydrogen) atoms. The van der Waals surface area contributed by atoms with E-state index in [1.165, 1.54) is 0 Å². The van der Waals surface area contributed by atoms with E-state index in [1.54, 1.807) is 13.3 Å². The topological polar surface area (TPSA) is 58.1 Å². The van der Waals surface area contributed by atoms with Gasteiger partial charge < -0.3 is 14.8 Å². The fourth-order valence-electron chi connectivity index (χ4n) is 1.94. The predicted molar refractivity (Wildman–Crippen MR) is 70.6 cm³/mol. The average molecular weight is 246 g/mol. The summed E-state index contributed by atoms with van der Waals surface area (Å²) in [7, 11) is 1.68. The lowest BCUT2D eigenvalue weighted by Crippen LogP contribution is -1.95. The Morgan fingerprint density at radius 1 is 1.39 bits per heavy atom. The molecule has 2 rings (SSSR count). The van der Waals surface area contributed by atoms with Crippen molar-refractivity contribution >= 4 is 0 Å². The maximum Gasteiger partial charge on any atom is 0.132 e. The van der Waals surface area contributed by atoms with Crippen LogP contribution >= 0.6 is 0 Å². The van der Waals surface area contributed by atoms with Crippen molar-refractivity contribution in [3.05, 3.63) is 35.8 Å². The van der Waals surface area contributed by atoms with Crippen molar-refractivity contribution in [1.29, 1.82) is 0 Å². The molecule has 0 unspecified atom stereocenters. The third-order valence-electron chi connectivity index (χ3n) is 2.94. The molecule has 0 amide bonds. The standard InChI is InChI=1S/C14H18N2O2/c1-9(2)11-6-10(4-5-13(11)18-3)12-7-15-14(8-17)16-12/h4-7,9,17H,8H2,1-3H3,(H,15,16). The van der Waals surface area contributed by atoms with Crippen molar-refractivity contribution in [2.45, 2.75) is 26.4 Å². The van der Waals surface area contributed by atoms with E-state index in [-0.39, 0.29) is 6.61 Å². The van der Waals surface area contributed by atoms with Gasteiger partial charge >= 0.3 is 0 Å². The van der Waals surface area contributed by atoms with Crippen molar-refractivity contribution in [1.82, 2.24) is 9.97 Å². The van der Waals surface area contributed by atoms with Crippen LogP contribution in [0.25, 0.3) is 11.3 Å². The van der Waals surface area contributed by atoms with Crippen LogP contribution in [0.1, 0.15) is 31.2 Å². The second-order valence-corrected chi connectivity index (χ2v) is 4.51. The van der Waals surface area contributed by atoms with Gasteiger partial charge in [0.1, 0.15) is 18.2 Å². The zero-order valence-electron chi connectivity index (χ0n) is 10.9. The van der Waals surface area contributed by atoms with E-state index in [9.17, 15) is 0 Å². The largest absolute Gasteiger partial charge is 0.496 e. The maximum absolute atomic E-state index is 9.01. The van der Waals surface area contributed by atoms with Crippen molar-refractivity contribution < 1.29 is 9.84 Å². The minimum Gasteiger partial charge on any atom is -0.496 e. The molecule has 0 bridgehead atoms. The number of imidazole rings is 1. The number of aliphatic hydroxyl groups excluding tert-OH is 1. The van der Waals surface area contributed by atoms with Crippen LogP contribution < -0.4 is 4.74 Å². The van der Waals surface area contributed by atoms with Gasteiger partial charge in [-0.05, 0) is 29.7 Å². The lowest BCUT2D eigenvalue weighted by Gasteiger charge is -2.13. The molecule has 0 saturated heterocycles. The van der Waals surface area contributed by atoms with E-state index in [0.717, 1.165) is 22.6 Å². The molecule has 1 aromatic heterocycles. The Kier molecular flexibility index (Phi) is 3.67. The van der Waals surface area contributed by atoms with E-state index in [2.05, 4.69) is 29.9 Å². The van der Waals surface area contributed by atoms with Crippen molar-refractivity contribution in [3.8, 4) is 17.0 Å². The smallest absolute Gasteiger partial charge is 0.132 e. The molecule has 0 aliphatic carbocycles. The third kappa shape index (κ3) is 2.38. The number of aliphatic hydroxyl groups is 1. The monoisotopic (exact) mass is 246 g/mol. The van der Waals surface area contributed by atoms with Crippen LogP contribution in [0.4, 0.5) is 0 Å². The van der Waals surface area contributed by atoms with Gasteiger partial charge in [-0.25, -0.2) is 4.98 Å². The number of hydrogen-bond acceptors (Lipinski definition) is 3. The lowest BCUT2D eigenvalue weighted by molar-refractivity contribution is 0.272. The van der Waals surface area contributed by atoms with Gasteiger partial charge in [-0.2, -0.15) is 0 Å². The van der Waals surface area contributed by atoms with Crippen LogP contribution in [0.2, 0.25) is 0 Å². The van der Waals surface area contributed by atoms with Gasteiger partial charge in [-0.1, -0.05) is 13.8 Å². The Bertz CT molecular complexity index is 532. The fourth-order valence-corrected chi connectivity index (χ4v) is 1.94. The van der Waals surface area contributed by atoms with Crippen molar-refractivity contribution in [3.63, 3.8) is 0 Å². The highest BCUT2D eigenvalue weighted by atomic mass is 16.5. The van der Waals surface area contributed by atoms with E-state index in [0.29, 0.717) is 11.7 Å². The highest BCUT2D eigenvalue weighted by Crippen LogP contribution is 2.30. The summed E-state index contributed by atoms with van der Waals surface area (Å²) in [5.41, 5.74) is 3.12. The summed E-state index contributed by atoms with van der Waals surface area (Å²) in [4.78, 5) is 7.17. The second-order valence-electron chi connectivity index (χ2n) is 4.51. The van der Waals surface area contributed by atoms with E-state index in [4.69, 9.17) is 9.84 Å². The number of rotatable bonds is 4. The Morgan fingerprint density at radius 3 is 2.72 bits per heavy atom. The predicted octanol–water partition coefficient (Wildman–Crippen LogP) is 2.70. The molecular formula is C14H18N2O2. The Morgan fingerprint density at radius 2 is 2.17 bits per heavy atom. The summed E-state index contributed by atoms with van der Waals surface area (Å²) in [5, 5.41) is 9.01. The van der Waals surface area contributed by atoms with Gasteiger partial charge in [0.05, 0.1) is 19.0 Å². The van der Waals surface area contributed by atoms with Gasteiger partial charge in [0.25, 0.3) is 0 Å². The Labute approximate surface area is 107 Å². The van der Waals surface area contributed by atoms with Crippen LogP contribution in [-0.4, -0.2) is 22.2 Å². The van der Waals surface area contributed by atoms with Gasteiger partial charge in [-0.3, -0.25) is 0 Å². The minimum absolute atomic E-state index is 0.0762. The molecule has 2 aromatic rings. The molecule has 0 aliphatic heterocycles. The number of aromatic nitrogens is 2. The zero-order chi connectivity index (χ0) is 13.1. The van der Waals surface area contributed by atoms with Crippen molar-refractivity contribution in [2.75, 3.05) is 7.11 Å². The summed E-state index contributed by atoms with van der Waals surface area (Å²) < 4.78 is 5.36. The summed E-state index contributed by atoms with van der Waals surface area (Å²) in [6, 6.07) is 6.04. The fraction of sp³-hybridized carbons (Fsp3) is 0.357. The van der Waals surface area contributed by atoms with Crippen molar-refractivity contribution in [2.24, 2.45) is 0 Å². The molecule has 0 aliphatic rings. The average Bonchev–Trinajstić information content (AvgIpc) is 2.86. The van der Waals surface area contributed by atoms with E-state index in [1.807, 2.05) is 12.1 Å². The van der Waals surface area contributed by atoms with Gasteiger partial charge in [0.2, 0.25) is 0 Å². The Hall–Kier alpha value is -1.81. The van der Waals surface area contributed by atoms with Crippen LogP contribution in [0.15, 0.2) is 24.4 Å². The van der Waals surface area contributed by atoms with Gasteiger partial charge in [0.15, 0.2) is 0 Å². The first-order valence-corrected chi connectivity index (χ1v) is 5.98. The molecule has 0 radical (unpaired) electrons. The van der Waals surface area contributed by atoms with Crippen LogP contribution in [0.3, 0.4) is 0 Å². The maximum atomic E-state index is 9.01. The quantitative estimate of drug-likeness (QED) is 0.872. The number of nitrogens with one attached hydrogen (secondary N) is 1. The SMILES string of the molecule is COc1ccc(-c2cnc(CO)[nH]2)cc1C(C)C. The summed E-state index contributed by atoms with van der Waals surface area (Å²) in [6.07, 6.45) is 1.73. The molecule has 0 atom stereocenters. The molecule has 4 heteroatoms. The molecule has 96 valence electrons. The molecule has 0 fully saturated rings. The first-order valence-electron chi connectivity index (χ1n) is 5.98. The van der Waals surface area contributed by atoms with E-state index >= 15 is 0 Å². The Balaban J connectivity index is 2.42.